The van der Waals surface area contributed by atoms with Crippen LogP contribution in [0.5, 0.6) is 0 Å². The van der Waals surface area contributed by atoms with E-state index in [-0.39, 0.29) is 6.23 Å². The van der Waals surface area contributed by atoms with Crippen LogP contribution in [0.3, 0.4) is 0 Å². The molecule has 13 heavy (non-hydrogen) atoms. The van der Waals surface area contributed by atoms with Crippen LogP contribution in [0.1, 0.15) is 0 Å². The van der Waals surface area contributed by atoms with Gasteiger partial charge in [0.05, 0.1) is 0 Å². The van der Waals surface area contributed by atoms with E-state index in [9.17, 15) is 5.11 Å². The number of aliphatic hydroxyl groups is 1. The molecule has 1 atom stereocenters. The minimum absolute atomic E-state index is 0.279. The first-order valence-corrected chi connectivity index (χ1v) is 4.85. The van der Waals surface area contributed by atoms with E-state index in [1.807, 2.05) is 7.05 Å². The van der Waals surface area contributed by atoms with Gasteiger partial charge in [-0.1, -0.05) is 0 Å². The summed E-state index contributed by atoms with van der Waals surface area (Å²) in [7, 11) is 6.16. The van der Waals surface area contributed by atoms with Crippen molar-refractivity contribution in [3.05, 3.63) is 0 Å². The maximum atomic E-state index is 9.72. The number of hydrogen-bond acceptors (Lipinski definition) is 4. The van der Waals surface area contributed by atoms with E-state index in [1.165, 1.54) is 0 Å². The minimum atomic E-state index is -0.279. The molecule has 1 N–H and O–H groups in total. The summed E-state index contributed by atoms with van der Waals surface area (Å²) in [6.07, 6.45) is -0.279. The van der Waals surface area contributed by atoms with Gasteiger partial charge in [-0.2, -0.15) is 0 Å². The normalized spacial score (nSPS) is 27.0. The number of hydrogen-bond donors (Lipinski definition) is 1. The van der Waals surface area contributed by atoms with Crippen molar-refractivity contribution >= 4 is 0 Å². The number of β-amino-alcohol motifs (C(OH)–C–C–N with tert-alkyl or cyclic N) is 1. The summed E-state index contributed by atoms with van der Waals surface area (Å²) in [5, 5.41) is 9.72. The molecule has 4 nitrogen and oxygen atoms in total. The van der Waals surface area contributed by atoms with Gasteiger partial charge in [0.1, 0.15) is 6.23 Å². The van der Waals surface area contributed by atoms with E-state index in [4.69, 9.17) is 0 Å². The zero-order valence-corrected chi connectivity index (χ0v) is 8.90. The fourth-order valence-electron chi connectivity index (χ4n) is 1.52. The lowest BCUT2D eigenvalue weighted by Gasteiger charge is -2.37. The molecule has 1 heterocycles. The summed E-state index contributed by atoms with van der Waals surface area (Å²) in [6.45, 7) is 4.78. The maximum absolute atomic E-state index is 9.72. The molecule has 0 aromatic carbocycles. The summed E-state index contributed by atoms with van der Waals surface area (Å²) in [5.41, 5.74) is 0. The predicted octanol–water partition coefficient (Wildman–Crippen LogP) is -0.886. The first-order valence-electron chi connectivity index (χ1n) is 4.85. The number of piperazine rings is 1. The molecule has 0 amide bonds. The van der Waals surface area contributed by atoms with Crippen molar-refractivity contribution in [2.75, 3.05) is 53.9 Å². The van der Waals surface area contributed by atoms with Crippen molar-refractivity contribution < 1.29 is 5.11 Å². The van der Waals surface area contributed by atoms with Gasteiger partial charge in [0.2, 0.25) is 0 Å². The van der Waals surface area contributed by atoms with E-state index in [0.717, 1.165) is 32.7 Å². The van der Waals surface area contributed by atoms with E-state index in [1.54, 1.807) is 0 Å². The Balaban J connectivity index is 2.25. The van der Waals surface area contributed by atoms with Crippen LogP contribution in [-0.4, -0.2) is 79.9 Å². The smallest absolute Gasteiger partial charge is 0.120 e. The number of rotatable bonds is 3. The van der Waals surface area contributed by atoms with Crippen molar-refractivity contribution in [1.82, 2.24) is 14.7 Å². The molecule has 4 heteroatoms. The van der Waals surface area contributed by atoms with Crippen molar-refractivity contribution in [3.8, 4) is 0 Å². The van der Waals surface area contributed by atoms with Gasteiger partial charge < -0.3 is 14.9 Å². The van der Waals surface area contributed by atoms with Gasteiger partial charge in [-0.05, 0) is 21.1 Å². The van der Waals surface area contributed by atoms with E-state index < -0.39 is 0 Å². The Morgan fingerprint density at radius 2 is 2.08 bits per heavy atom. The quantitative estimate of drug-likeness (QED) is 0.621. The average Bonchev–Trinajstić information content (AvgIpc) is 2.02. The summed E-state index contributed by atoms with van der Waals surface area (Å²) in [6, 6.07) is 0. The van der Waals surface area contributed by atoms with Crippen molar-refractivity contribution in [3.63, 3.8) is 0 Å². The first-order chi connectivity index (χ1) is 6.09. The van der Waals surface area contributed by atoms with Gasteiger partial charge in [0, 0.05) is 32.7 Å². The lowest BCUT2D eigenvalue weighted by Crippen LogP contribution is -2.53. The molecule has 0 aliphatic carbocycles. The van der Waals surface area contributed by atoms with Crippen LogP contribution in [-0.2, 0) is 0 Å². The molecule has 0 aromatic rings. The highest BCUT2D eigenvalue weighted by atomic mass is 16.3. The van der Waals surface area contributed by atoms with Crippen LogP contribution < -0.4 is 0 Å². The number of nitrogens with zero attached hydrogens (tertiary/aromatic N) is 3. The van der Waals surface area contributed by atoms with Gasteiger partial charge in [0.25, 0.3) is 0 Å². The van der Waals surface area contributed by atoms with Crippen LogP contribution in [0.2, 0.25) is 0 Å². The highest BCUT2D eigenvalue weighted by molar-refractivity contribution is 4.73. The Hall–Kier alpha value is -0.160. The fourth-order valence-corrected chi connectivity index (χ4v) is 1.52. The molecule has 1 aliphatic rings. The fraction of sp³-hybridized carbons (Fsp3) is 1.00. The van der Waals surface area contributed by atoms with Crippen molar-refractivity contribution in [1.29, 1.82) is 0 Å². The van der Waals surface area contributed by atoms with Gasteiger partial charge in [-0.25, -0.2) is 0 Å². The Morgan fingerprint density at radius 3 is 2.62 bits per heavy atom. The lowest BCUT2D eigenvalue weighted by atomic mass is 10.3. The van der Waals surface area contributed by atoms with Crippen molar-refractivity contribution in [2.24, 2.45) is 0 Å². The number of likely N-dealkylation sites (N-methyl/N-ethyl adjacent to an activating group) is 2. The minimum Gasteiger partial charge on any atom is -0.377 e. The molecule has 0 saturated carbocycles. The van der Waals surface area contributed by atoms with Crippen LogP contribution in [0, 0.1) is 0 Å². The summed E-state index contributed by atoms with van der Waals surface area (Å²) >= 11 is 0. The van der Waals surface area contributed by atoms with Gasteiger partial charge in [-0.3, -0.25) is 4.90 Å². The second-order valence-electron chi connectivity index (χ2n) is 4.08. The largest absolute Gasteiger partial charge is 0.377 e. The third kappa shape index (κ3) is 3.60. The monoisotopic (exact) mass is 187 g/mol. The standard InChI is InChI=1S/C9H21N3O/c1-10(2)4-6-12-7-5-11(3)8-9(12)13/h9,13H,4-8H2,1-3H3. The van der Waals surface area contributed by atoms with Crippen molar-refractivity contribution in [2.45, 2.75) is 6.23 Å². The highest BCUT2D eigenvalue weighted by Crippen LogP contribution is 2.04. The van der Waals surface area contributed by atoms with Crippen LogP contribution in [0.25, 0.3) is 0 Å². The topological polar surface area (TPSA) is 30.0 Å². The van der Waals surface area contributed by atoms with Crippen LogP contribution >= 0.6 is 0 Å². The van der Waals surface area contributed by atoms with Crippen LogP contribution in [0.4, 0.5) is 0 Å². The molecule has 0 aromatic heterocycles. The molecule has 78 valence electrons. The van der Waals surface area contributed by atoms with E-state index in [0.29, 0.717) is 0 Å². The highest BCUT2D eigenvalue weighted by Gasteiger charge is 2.22. The second kappa shape index (κ2) is 4.91. The molecule has 1 saturated heterocycles. The van der Waals surface area contributed by atoms with Gasteiger partial charge in [0.15, 0.2) is 0 Å². The number of aliphatic hydroxyl groups excluding tert-OH is 1. The third-order valence-electron chi connectivity index (χ3n) is 2.50. The molecule has 1 aliphatic heterocycles. The zero-order chi connectivity index (χ0) is 9.84. The molecule has 1 rings (SSSR count). The third-order valence-corrected chi connectivity index (χ3v) is 2.50. The van der Waals surface area contributed by atoms with E-state index >= 15 is 0 Å². The van der Waals surface area contributed by atoms with Crippen LogP contribution in [0.15, 0.2) is 0 Å². The SMILES string of the molecule is CN(C)CCN1CCN(C)CC1O. The zero-order valence-electron chi connectivity index (χ0n) is 8.90. The Morgan fingerprint density at radius 1 is 1.38 bits per heavy atom. The molecule has 0 bridgehead atoms. The molecule has 1 unspecified atom stereocenters. The first kappa shape index (κ1) is 10.9. The molecule has 0 spiro atoms. The van der Waals surface area contributed by atoms with E-state index in [2.05, 4.69) is 28.8 Å². The summed E-state index contributed by atoms with van der Waals surface area (Å²) in [4.78, 5) is 6.45. The van der Waals surface area contributed by atoms with Gasteiger partial charge >= 0.3 is 0 Å². The Labute approximate surface area is 80.7 Å². The molecular formula is C9H21N3O. The van der Waals surface area contributed by atoms with Gasteiger partial charge in [-0.15, -0.1) is 0 Å². The molecule has 1 fully saturated rings. The predicted molar refractivity (Wildman–Crippen MR) is 53.6 cm³/mol. The molecular weight excluding hydrogens is 166 g/mol. The Bertz CT molecular complexity index is 152. The molecule has 0 radical (unpaired) electrons. The second-order valence-corrected chi connectivity index (χ2v) is 4.08. The summed E-state index contributed by atoms with van der Waals surface area (Å²) < 4.78 is 0. The summed E-state index contributed by atoms with van der Waals surface area (Å²) in [5.74, 6) is 0. The Kier molecular flexibility index (Phi) is 4.12. The average molecular weight is 187 g/mol. The maximum Gasteiger partial charge on any atom is 0.120 e. The lowest BCUT2D eigenvalue weighted by molar-refractivity contribution is -0.0505.